The molecule has 1 unspecified atom stereocenters. The lowest BCUT2D eigenvalue weighted by atomic mass is 10.0. The van der Waals surface area contributed by atoms with Gasteiger partial charge < -0.3 is 15.1 Å². The average Bonchev–Trinajstić information content (AvgIpc) is 3.16. The van der Waals surface area contributed by atoms with Gasteiger partial charge in [-0.05, 0) is 44.2 Å². The Morgan fingerprint density at radius 1 is 1.19 bits per heavy atom. The Morgan fingerprint density at radius 3 is 2.52 bits per heavy atom. The highest BCUT2D eigenvalue weighted by Crippen LogP contribution is 2.20. The van der Waals surface area contributed by atoms with Crippen LogP contribution in [0.1, 0.15) is 46.0 Å². The van der Waals surface area contributed by atoms with Crippen LogP contribution in [0, 0.1) is 11.8 Å². The predicted octanol–water partition coefficient (Wildman–Crippen LogP) is 2.42. The molecule has 0 aromatic carbocycles. The van der Waals surface area contributed by atoms with Crippen LogP contribution in [0.15, 0.2) is 4.99 Å². The third kappa shape index (κ3) is 4.87. The molecule has 0 saturated carbocycles. The van der Waals surface area contributed by atoms with Gasteiger partial charge in [0.2, 0.25) is 0 Å². The van der Waals surface area contributed by atoms with Gasteiger partial charge in [-0.15, -0.1) is 0 Å². The quantitative estimate of drug-likeness (QED) is 0.603. The largest absolute Gasteiger partial charge is 0.356 e. The van der Waals surface area contributed by atoms with Crippen LogP contribution >= 0.6 is 0 Å². The van der Waals surface area contributed by atoms with Crippen LogP contribution in [0.3, 0.4) is 0 Å². The van der Waals surface area contributed by atoms with Gasteiger partial charge in [-0.1, -0.05) is 26.7 Å². The Hall–Kier alpha value is -0.770. The predicted molar refractivity (Wildman–Crippen MR) is 90.8 cm³/mol. The van der Waals surface area contributed by atoms with E-state index >= 15 is 0 Å². The summed E-state index contributed by atoms with van der Waals surface area (Å²) in [5.41, 5.74) is 0. The van der Waals surface area contributed by atoms with Gasteiger partial charge in [0, 0.05) is 33.2 Å². The van der Waals surface area contributed by atoms with E-state index in [-0.39, 0.29) is 0 Å². The van der Waals surface area contributed by atoms with Crippen molar-refractivity contribution in [1.82, 2.24) is 15.1 Å². The van der Waals surface area contributed by atoms with Gasteiger partial charge in [0.1, 0.15) is 0 Å². The second-order valence-electron chi connectivity index (χ2n) is 6.72. The Labute approximate surface area is 131 Å². The zero-order valence-corrected chi connectivity index (χ0v) is 14.3. The maximum Gasteiger partial charge on any atom is 0.193 e. The molecule has 2 heterocycles. The van der Waals surface area contributed by atoms with Crippen LogP contribution in [0.5, 0.6) is 0 Å². The minimum Gasteiger partial charge on any atom is -0.356 e. The van der Waals surface area contributed by atoms with Crippen molar-refractivity contribution >= 4 is 5.96 Å². The molecule has 2 aliphatic rings. The summed E-state index contributed by atoms with van der Waals surface area (Å²) in [5, 5.41) is 3.59. The number of aliphatic imine (C=N–C) groups is 1. The van der Waals surface area contributed by atoms with Gasteiger partial charge in [0.15, 0.2) is 5.96 Å². The van der Waals surface area contributed by atoms with E-state index in [4.69, 9.17) is 0 Å². The van der Waals surface area contributed by atoms with Crippen molar-refractivity contribution in [2.45, 2.75) is 46.0 Å². The van der Waals surface area contributed by atoms with Crippen molar-refractivity contribution in [3.63, 3.8) is 0 Å². The molecule has 21 heavy (non-hydrogen) atoms. The Bertz CT molecular complexity index is 319. The zero-order chi connectivity index (χ0) is 15.1. The van der Waals surface area contributed by atoms with Gasteiger partial charge in [-0.3, -0.25) is 4.99 Å². The van der Waals surface area contributed by atoms with Crippen LogP contribution in [0.25, 0.3) is 0 Å². The summed E-state index contributed by atoms with van der Waals surface area (Å²) in [6, 6.07) is 0. The molecule has 0 amide bonds. The molecule has 0 bridgehead atoms. The van der Waals surface area contributed by atoms with Crippen molar-refractivity contribution < 1.29 is 0 Å². The molecule has 0 aliphatic carbocycles. The summed E-state index contributed by atoms with van der Waals surface area (Å²) >= 11 is 0. The number of guanidine groups is 1. The van der Waals surface area contributed by atoms with E-state index in [0.29, 0.717) is 0 Å². The summed E-state index contributed by atoms with van der Waals surface area (Å²) in [5.74, 6) is 2.71. The van der Waals surface area contributed by atoms with Gasteiger partial charge in [0.25, 0.3) is 0 Å². The normalized spacial score (nSPS) is 24.3. The molecule has 0 aromatic rings. The fourth-order valence-electron chi connectivity index (χ4n) is 3.65. The SMILES string of the molecule is CCC(CC)CNC(=NC)N1CCC(CN2CCCC2)C1. The number of hydrogen-bond acceptors (Lipinski definition) is 2. The van der Waals surface area contributed by atoms with E-state index in [2.05, 4.69) is 34.0 Å². The fourth-order valence-corrected chi connectivity index (χ4v) is 3.65. The summed E-state index contributed by atoms with van der Waals surface area (Å²) < 4.78 is 0. The lowest BCUT2D eigenvalue weighted by Crippen LogP contribution is -2.42. The minimum atomic E-state index is 0.768. The van der Waals surface area contributed by atoms with E-state index in [1.165, 1.54) is 64.8 Å². The van der Waals surface area contributed by atoms with Gasteiger partial charge in [-0.25, -0.2) is 0 Å². The summed E-state index contributed by atoms with van der Waals surface area (Å²) in [7, 11) is 1.92. The van der Waals surface area contributed by atoms with Crippen molar-refractivity contribution in [2.75, 3.05) is 46.3 Å². The van der Waals surface area contributed by atoms with Crippen LogP contribution in [-0.4, -0.2) is 62.1 Å². The molecule has 4 nitrogen and oxygen atoms in total. The molecule has 1 N–H and O–H groups in total. The van der Waals surface area contributed by atoms with E-state index < -0.39 is 0 Å². The van der Waals surface area contributed by atoms with Crippen molar-refractivity contribution in [3.8, 4) is 0 Å². The third-order valence-corrected chi connectivity index (χ3v) is 5.22. The van der Waals surface area contributed by atoms with Crippen molar-refractivity contribution in [2.24, 2.45) is 16.8 Å². The lowest BCUT2D eigenvalue weighted by Gasteiger charge is -2.24. The average molecular weight is 294 g/mol. The lowest BCUT2D eigenvalue weighted by molar-refractivity contribution is 0.281. The molecular formula is C17H34N4. The number of hydrogen-bond donors (Lipinski definition) is 1. The molecule has 1 atom stereocenters. The first kappa shape index (κ1) is 16.6. The molecule has 0 spiro atoms. The highest BCUT2D eigenvalue weighted by atomic mass is 15.3. The second-order valence-corrected chi connectivity index (χ2v) is 6.72. The van der Waals surface area contributed by atoms with E-state index in [1.54, 1.807) is 0 Å². The maximum absolute atomic E-state index is 4.49. The molecular weight excluding hydrogens is 260 g/mol. The fraction of sp³-hybridized carbons (Fsp3) is 0.941. The molecule has 0 aromatic heterocycles. The smallest absolute Gasteiger partial charge is 0.193 e. The van der Waals surface area contributed by atoms with E-state index in [0.717, 1.165) is 24.3 Å². The van der Waals surface area contributed by atoms with Crippen LogP contribution in [-0.2, 0) is 0 Å². The van der Waals surface area contributed by atoms with Crippen molar-refractivity contribution in [3.05, 3.63) is 0 Å². The van der Waals surface area contributed by atoms with Crippen LogP contribution in [0.4, 0.5) is 0 Å². The molecule has 2 fully saturated rings. The first-order valence-corrected chi connectivity index (χ1v) is 8.94. The van der Waals surface area contributed by atoms with Crippen molar-refractivity contribution in [1.29, 1.82) is 0 Å². The zero-order valence-electron chi connectivity index (χ0n) is 14.3. The molecule has 2 saturated heterocycles. The number of rotatable bonds is 6. The standard InChI is InChI=1S/C17H34N4/c1-4-15(5-2)12-19-17(18-3)21-11-8-16(14-21)13-20-9-6-7-10-20/h15-16H,4-14H2,1-3H3,(H,18,19). The highest BCUT2D eigenvalue weighted by Gasteiger charge is 2.27. The molecule has 4 heteroatoms. The molecule has 2 rings (SSSR count). The summed E-state index contributed by atoms with van der Waals surface area (Å²) in [6.45, 7) is 11.9. The van der Waals surface area contributed by atoms with Gasteiger partial charge in [-0.2, -0.15) is 0 Å². The Kier molecular flexibility index (Phi) is 6.81. The number of nitrogens with zero attached hydrogens (tertiary/aromatic N) is 3. The van der Waals surface area contributed by atoms with Gasteiger partial charge in [0.05, 0.1) is 0 Å². The van der Waals surface area contributed by atoms with E-state index in [1.807, 2.05) is 7.05 Å². The first-order valence-electron chi connectivity index (χ1n) is 8.94. The van der Waals surface area contributed by atoms with Crippen LogP contribution < -0.4 is 5.32 Å². The monoisotopic (exact) mass is 294 g/mol. The molecule has 0 radical (unpaired) electrons. The minimum absolute atomic E-state index is 0.768. The highest BCUT2D eigenvalue weighted by molar-refractivity contribution is 5.80. The topological polar surface area (TPSA) is 30.9 Å². The molecule has 122 valence electrons. The van der Waals surface area contributed by atoms with Crippen LogP contribution in [0.2, 0.25) is 0 Å². The Morgan fingerprint density at radius 2 is 1.90 bits per heavy atom. The molecule has 2 aliphatic heterocycles. The number of nitrogens with one attached hydrogen (secondary N) is 1. The number of likely N-dealkylation sites (tertiary alicyclic amines) is 2. The summed E-state index contributed by atoms with van der Waals surface area (Å²) in [4.78, 5) is 9.60. The van der Waals surface area contributed by atoms with Gasteiger partial charge >= 0.3 is 0 Å². The third-order valence-electron chi connectivity index (χ3n) is 5.22. The van der Waals surface area contributed by atoms with E-state index in [9.17, 15) is 0 Å². The second kappa shape index (κ2) is 8.62. The summed E-state index contributed by atoms with van der Waals surface area (Å²) in [6.07, 6.45) is 6.61. The Balaban J connectivity index is 1.75. The first-order chi connectivity index (χ1) is 10.3. The maximum atomic E-state index is 4.49.